The minimum Gasteiger partial charge on any atom is -0.495 e. The first kappa shape index (κ1) is 23.1. The van der Waals surface area contributed by atoms with Crippen LogP contribution in [0.4, 0.5) is 17.3 Å². The normalized spacial score (nSPS) is 14.6. The Balaban J connectivity index is 1.56. The molecule has 2 aromatic carbocycles. The number of pyridine rings is 1. The van der Waals surface area contributed by atoms with E-state index in [0.29, 0.717) is 34.5 Å². The summed E-state index contributed by atoms with van der Waals surface area (Å²) in [5, 5.41) is 11.1. The Morgan fingerprint density at radius 3 is 2.47 bits per heavy atom. The van der Waals surface area contributed by atoms with Crippen molar-refractivity contribution < 1.29 is 9.53 Å². The molecule has 1 atom stereocenters. The standard InChI is InChI=1S/C27H27N7O2/c1-17-23(26(35)30-21-7-5-6-8-22(21)36-4)24(18-13-15-28-16-14-18)34-27(29-17)31-25(32-34)19-9-11-20(12-10-19)33(2)3/h5-16,24H,1-4H3,(H,30,35)(H,29,31,32)/t24-/m1/s1. The van der Waals surface area contributed by atoms with Gasteiger partial charge in [-0.15, -0.1) is 5.10 Å². The van der Waals surface area contributed by atoms with E-state index < -0.39 is 6.04 Å². The fraction of sp³-hybridized carbons (Fsp3) is 0.185. The molecule has 0 aliphatic carbocycles. The molecule has 9 heteroatoms. The maximum absolute atomic E-state index is 13.7. The molecule has 0 saturated heterocycles. The second-order valence-electron chi connectivity index (χ2n) is 8.65. The van der Waals surface area contributed by atoms with Gasteiger partial charge in [0.15, 0.2) is 5.82 Å². The van der Waals surface area contributed by atoms with Crippen molar-refractivity contribution in [2.75, 3.05) is 36.7 Å². The number of nitrogens with one attached hydrogen (secondary N) is 2. The summed E-state index contributed by atoms with van der Waals surface area (Å²) in [6, 6.07) is 18.6. The minimum absolute atomic E-state index is 0.260. The molecule has 0 spiro atoms. The number of aromatic nitrogens is 4. The van der Waals surface area contributed by atoms with Gasteiger partial charge >= 0.3 is 0 Å². The highest BCUT2D eigenvalue weighted by atomic mass is 16.5. The first-order valence-corrected chi connectivity index (χ1v) is 11.5. The average Bonchev–Trinajstić information content (AvgIpc) is 3.32. The van der Waals surface area contributed by atoms with Crippen molar-refractivity contribution in [3.63, 3.8) is 0 Å². The Morgan fingerprint density at radius 2 is 1.78 bits per heavy atom. The van der Waals surface area contributed by atoms with E-state index >= 15 is 0 Å². The van der Waals surface area contributed by atoms with E-state index in [1.807, 2.05) is 74.4 Å². The van der Waals surface area contributed by atoms with E-state index in [0.717, 1.165) is 16.8 Å². The molecule has 5 rings (SSSR count). The van der Waals surface area contributed by atoms with Gasteiger partial charge in [-0.25, -0.2) is 4.68 Å². The van der Waals surface area contributed by atoms with Crippen molar-refractivity contribution in [1.82, 2.24) is 19.7 Å². The third kappa shape index (κ3) is 4.26. The number of hydrogen-bond acceptors (Lipinski definition) is 7. The van der Waals surface area contributed by atoms with Gasteiger partial charge in [0.25, 0.3) is 5.91 Å². The van der Waals surface area contributed by atoms with Crippen molar-refractivity contribution in [1.29, 1.82) is 0 Å². The lowest BCUT2D eigenvalue weighted by atomic mass is 9.96. The van der Waals surface area contributed by atoms with E-state index in [-0.39, 0.29) is 5.91 Å². The van der Waals surface area contributed by atoms with E-state index in [4.69, 9.17) is 14.8 Å². The zero-order chi connectivity index (χ0) is 25.2. The lowest BCUT2D eigenvalue weighted by Gasteiger charge is -2.28. The topological polar surface area (TPSA) is 97.2 Å². The van der Waals surface area contributed by atoms with Gasteiger partial charge in [-0.3, -0.25) is 9.78 Å². The molecule has 36 heavy (non-hydrogen) atoms. The first-order chi connectivity index (χ1) is 17.5. The fourth-order valence-electron chi connectivity index (χ4n) is 4.27. The van der Waals surface area contributed by atoms with Gasteiger partial charge in [-0.2, -0.15) is 4.98 Å². The number of nitrogens with zero attached hydrogens (tertiary/aromatic N) is 5. The van der Waals surface area contributed by atoms with Gasteiger partial charge in [0, 0.05) is 43.4 Å². The SMILES string of the molecule is COc1ccccc1NC(=O)C1=C(C)Nc2nc(-c3ccc(N(C)C)cc3)nn2[C@@H]1c1ccncc1. The van der Waals surface area contributed by atoms with Gasteiger partial charge in [0.2, 0.25) is 5.95 Å². The second-order valence-corrected chi connectivity index (χ2v) is 8.65. The van der Waals surface area contributed by atoms with Crippen LogP contribution in [0.2, 0.25) is 0 Å². The van der Waals surface area contributed by atoms with Gasteiger partial charge in [0.1, 0.15) is 11.8 Å². The highest BCUT2D eigenvalue weighted by Gasteiger charge is 2.34. The number of hydrogen-bond donors (Lipinski definition) is 2. The van der Waals surface area contributed by atoms with E-state index in [2.05, 4.69) is 15.6 Å². The average molecular weight is 482 g/mol. The van der Waals surface area contributed by atoms with Crippen LogP contribution in [0.5, 0.6) is 5.75 Å². The van der Waals surface area contributed by atoms with Crippen LogP contribution in [0.25, 0.3) is 11.4 Å². The number of fused-ring (bicyclic) bond motifs is 1. The summed E-state index contributed by atoms with van der Waals surface area (Å²) < 4.78 is 7.18. The smallest absolute Gasteiger partial charge is 0.255 e. The highest BCUT2D eigenvalue weighted by Crippen LogP contribution is 2.37. The molecule has 0 saturated carbocycles. The molecule has 3 heterocycles. The van der Waals surface area contributed by atoms with E-state index in [1.54, 1.807) is 36.3 Å². The molecule has 0 bridgehead atoms. The highest BCUT2D eigenvalue weighted by molar-refractivity contribution is 6.06. The quantitative estimate of drug-likeness (QED) is 0.423. The molecule has 4 aromatic rings. The summed E-state index contributed by atoms with van der Waals surface area (Å²) in [5.41, 5.74) is 4.65. The number of allylic oxidation sites excluding steroid dienone is 1. The Hall–Kier alpha value is -4.66. The predicted molar refractivity (Wildman–Crippen MR) is 140 cm³/mol. The summed E-state index contributed by atoms with van der Waals surface area (Å²) in [4.78, 5) is 24.6. The van der Waals surface area contributed by atoms with Gasteiger partial charge in [-0.05, 0) is 61.0 Å². The number of amides is 1. The maximum atomic E-state index is 13.7. The first-order valence-electron chi connectivity index (χ1n) is 11.5. The zero-order valence-corrected chi connectivity index (χ0v) is 20.6. The number of carbonyl (C=O) groups is 1. The van der Waals surface area contributed by atoms with E-state index in [9.17, 15) is 4.79 Å². The molecular formula is C27H27N7O2. The molecule has 2 N–H and O–H groups in total. The number of rotatable bonds is 6. The molecule has 0 fully saturated rings. The third-order valence-electron chi connectivity index (χ3n) is 6.12. The molecule has 182 valence electrons. The fourth-order valence-corrected chi connectivity index (χ4v) is 4.27. The van der Waals surface area contributed by atoms with Crippen LogP contribution in [0.1, 0.15) is 18.5 Å². The summed E-state index contributed by atoms with van der Waals surface area (Å²) in [5.74, 6) is 1.46. The molecule has 9 nitrogen and oxygen atoms in total. The molecule has 1 aliphatic heterocycles. The largest absolute Gasteiger partial charge is 0.495 e. The van der Waals surface area contributed by atoms with Crippen molar-refractivity contribution in [3.8, 4) is 17.1 Å². The van der Waals surface area contributed by atoms with Crippen molar-refractivity contribution >= 4 is 23.2 Å². The molecule has 1 aliphatic rings. The Bertz CT molecular complexity index is 1430. The predicted octanol–water partition coefficient (Wildman–Crippen LogP) is 4.34. The molecular weight excluding hydrogens is 454 g/mol. The monoisotopic (exact) mass is 481 g/mol. The summed E-state index contributed by atoms with van der Waals surface area (Å²) >= 11 is 0. The van der Waals surface area contributed by atoms with Crippen LogP contribution < -0.4 is 20.3 Å². The summed E-state index contributed by atoms with van der Waals surface area (Å²) in [6.07, 6.45) is 3.42. The van der Waals surface area contributed by atoms with Crippen LogP contribution >= 0.6 is 0 Å². The minimum atomic E-state index is -0.499. The zero-order valence-electron chi connectivity index (χ0n) is 20.6. The van der Waals surface area contributed by atoms with Crippen LogP contribution in [-0.4, -0.2) is 46.9 Å². The summed E-state index contributed by atoms with van der Waals surface area (Å²) in [6.45, 7) is 1.87. The molecule has 2 aromatic heterocycles. The lowest BCUT2D eigenvalue weighted by molar-refractivity contribution is -0.113. The molecule has 1 amide bonds. The Labute approximate surface area is 209 Å². The van der Waals surface area contributed by atoms with Crippen LogP contribution in [0, 0.1) is 0 Å². The van der Waals surface area contributed by atoms with Crippen molar-refractivity contribution in [3.05, 3.63) is 89.9 Å². The number of carbonyl (C=O) groups excluding carboxylic acids is 1. The number of benzene rings is 2. The number of anilines is 3. The van der Waals surface area contributed by atoms with Crippen LogP contribution in [0.3, 0.4) is 0 Å². The Morgan fingerprint density at radius 1 is 1.06 bits per heavy atom. The number of para-hydroxylation sites is 2. The van der Waals surface area contributed by atoms with Gasteiger partial charge in [-0.1, -0.05) is 12.1 Å². The van der Waals surface area contributed by atoms with Crippen LogP contribution in [0.15, 0.2) is 84.3 Å². The van der Waals surface area contributed by atoms with Crippen molar-refractivity contribution in [2.45, 2.75) is 13.0 Å². The number of ether oxygens (including phenoxy) is 1. The number of methoxy groups -OCH3 is 1. The molecule has 0 unspecified atom stereocenters. The Kier molecular flexibility index (Phi) is 6.12. The van der Waals surface area contributed by atoms with Gasteiger partial charge < -0.3 is 20.3 Å². The summed E-state index contributed by atoms with van der Waals surface area (Å²) in [7, 11) is 5.57. The van der Waals surface area contributed by atoms with E-state index in [1.165, 1.54) is 0 Å². The van der Waals surface area contributed by atoms with Gasteiger partial charge in [0.05, 0.1) is 18.4 Å². The lowest BCUT2D eigenvalue weighted by Crippen LogP contribution is -2.31. The maximum Gasteiger partial charge on any atom is 0.255 e. The van der Waals surface area contributed by atoms with Crippen LogP contribution in [-0.2, 0) is 4.79 Å². The second kappa shape index (κ2) is 9.53. The van der Waals surface area contributed by atoms with Crippen molar-refractivity contribution in [2.24, 2.45) is 0 Å². The third-order valence-corrected chi connectivity index (χ3v) is 6.12. The molecule has 0 radical (unpaired) electrons.